The molecular weight excluding hydrogens is 385 g/mol. The molecule has 0 spiro atoms. The highest BCUT2D eigenvalue weighted by Crippen LogP contribution is 2.27. The second kappa shape index (κ2) is 8.50. The van der Waals surface area contributed by atoms with Gasteiger partial charge in [-0.25, -0.2) is 9.37 Å². The molecule has 3 aromatic rings. The molecule has 0 aromatic carbocycles. The van der Waals surface area contributed by atoms with Crippen molar-refractivity contribution in [3.8, 4) is 5.69 Å². The lowest BCUT2D eigenvalue weighted by Gasteiger charge is -2.30. The molecule has 1 aliphatic carbocycles. The molecule has 9 heteroatoms. The Morgan fingerprint density at radius 3 is 2.63 bits per heavy atom. The minimum Gasteiger partial charge on any atom is -0.365 e. The first kappa shape index (κ1) is 19.8. The summed E-state index contributed by atoms with van der Waals surface area (Å²) in [6.45, 7) is 0. The minimum absolute atomic E-state index is 0.0411. The maximum Gasteiger partial charge on any atom is 0.252 e. The van der Waals surface area contributed by atoms with Crippen molar-refractivity contribution < 1.29 is 9.18 Å². The highest BCUT2D eigenvalue weighted by molar-refractivity contribution is 5.98. The van der Waals surface area contributed by atoms with Gasteiger partial charge in [-0.2, -0.15) is 0 Å². The zero-order valence-electron chi connectivity index (χ0n) is 16.4. The minimum atomic E-state index is -0.778. The summed E-state index contributed by atoms with van der Waals surface area (Å²) in [6.07, 6.45) is 10.9. The predicted octanol–water partition coefficient (Wildman–Crippen LogP) is 2.93. The molecule has 156 valence electrons. The predicted molar refractivity (Wildman–Crippen MR) is 113 cm³/mol. The van der Waals surface area contributed by atoms with E-state index >= 15 is 0 Å². The van der Waals surface area contributed by atoms with Crippen molar-refractivity contribution in [2.45, 2.75) is 37.8 Å². The van der Waals surface area contributed by atoms with Crippen LogP contribution in [0.15, 0.2) is 49.1 Å². The second-order valence-electron chi connectivity index (χ2n) is 7.43. The topological polar surface area (TPSA) is 124 Å². The summed E-state index contributed by atoms with van der Waals surface area (Å²) in [5, 5.41) is 6.15. The summed E-state index contributed by atoms with van der Waals surface area (Å²) in [5.41, 5.74) is 13.0. The Labute approximate surface area is 173 Å². The number of nitrogens with one attached hydrogen (secondary N) is 2. The van der Waals surface area contributed by atoms with Gasteiger partial charge in [-0.3, -0.25) is 9.78 Å². The van der Waals surface area contributed by atoms with E-state index in [9.17, 15) is 9.18 Å². The SMILES string of the molecule is NC(=O)c1cc(F)c(N[C@@H]2CCCC[C@@H]2N)nc1Nc1cncc(-n2cccc2)c1. The van der Waals surface area contributed by atoms with Crippen molar-refractivity contribution in [2.24, 2.45) is 11.5 Å². The number of halogens is 1. The van der Waals surface area contributed by atoms with Gasteiger partial charge >= 0.3 is 0 Å². The van der Waals surface area contributed by atoms with Gasteiger partial charge in [0.15, 0.2) is 11.6 Å². The molecule has 1 amide bonds. The van der Waals surface area contributed by atoms with E-state index in [0.29, 0.717) is 5.69 Å². The fourth-order valence-corrected chi connectivity index (χ4v) is 3.67. The number of nitrogens with two attached hydrogens (primary N) is 2. The van der Waals surface area contributed by atoms with Crippen LogP contribution in [0.3, 0.4) is 0 Å². The molecule has 8 nitrogen and oxygen atoms in total. The molecule has 1 fully saturated rings. The summed E-state index contributed by atoms with van der Waals surface area (Å²) in [6, 6.07) is 6.59. The number of amides is 1. The number of primary amides is 1. The third-order valence-electron chi connectivity index (χ3n) is 5.27. The van der Waals surface area contributed by atoms with E-state index in [1.54, 1.807) is 12.4 Å². The van der Waals surface area contributed by atoms with Gasteiger partial charge in [0.2, 0.25) is 0 Å². The van der Waals surface area contributed by atoms with Crippen LogP contribution in [0.25, 0.3) is 5.69 Å². The Bertz CT molecular complexity index is 1040. The third kappa shape index (κ3) is 4.25. The largest absolute Gasteiger partial charge is 0.365 e. The molecule has 6 N–H and O–H groups in total. The van der Waals surface area contributed by atoms with E-state index in [4.69, 9.17) is 11.5 Å². The number of nitrogens with zero attached hydrogens (tertiary/aromatic N) is 3. The number of rotatable bonds is 6. The standard InChI is InChI=1S/C21H24FN7O/c22-16-10-15(19(24)30)20(28-21(16)27-18-6-2-1-5-17(18)23)26-13-9-14(12-25-11-13)29-7-3-4-8-29/h3-4,7-12,17-18H,1-2,5-6,23H2,(H2,24,30)(H2,26,27,28)/t17-,18+/m0/s1. The molecule has 3 heterocycles. The Hall–Kier alpha value is -3.46. The number of hydrogen-bond donors (Lipinski definition) is 4. The van der Waals surface area contributed by atoms with Gasteiger partial charge < -0.3 is 26.7 Å². The van der Waals surface area contributed by atoms with Crippen molar-refractivity contribution in [1.29, 1.82) is 0 Å². The Balaban J connectivity index is 1.64. The molecule has 0 unspecified atom stereocenters. The van der Waals surface area contributed by atoms with Crippen molar-refractivity contribution in [1.82, 2.24) is 14.5 Å². The molecule has 0 saturated heterocycles. The fourth-order valence-electron chi connectivity index (χ4n) is 3.67. The van der Waals surface area contributed by atoms with Gasteiger partial charge in [0.05, 0.1) is 29.3 Å². The average Bonchev–Trinajstić information content (AvgIpc) is 3.27. The van der Waals surface area contributed by atoms with Gasteiger partial charge in [0, 0.05) is 24.5 Å². The second-order valence-corrected chi connectivity index (χ2v) is 7.43. The van der Waals surface area contributed by atoms with Crippen LogP contribution in [0.1, 0.15) is 36.0 Å². The van der Waals surface area contributed by atoms with Crippen LogP contribution in [0.2, 0.25) is 0 Å². The number of carbonyl (C=O) groups excluding carboxylic acids is 1. The van der Waals surface area contributed by atoms with Crippen LogP contribution in [-0.4, -0.2) is 32.5 Å². The monoisotopic (exact) mass is 409 g/mol. The van der Waals surface area contributed by atoms with E-state index in [2.05, 4.69) is 20.6 Å². The maximum absolute atomic E-state index is 14.6. The van der Waals surface area contributed by atoms with Crippen LogP contribution in [0, 0.1) is 5.82 Å². The van der Waals surface area contributed by atoms with Crippen molar-refractivity contribution >= 4 is 23.2 Å². The first-order valence-electron chi connectivity index (χ1n) is 9.89. The highest BCUT2D eigenvalue weighted by Gasteiger charge is 2.24. The lowest BCUT2D eigenvalue weighted by atomic mass is 9.91. The van der Waals surface area contributed by atoms with Gasteiger partial charge in [0.25, 0.3) is 5.91 Å². The summed E-state index contributed by atoms with van der Waals surface area (Å²) in [5.74, 6) is -1.23. The molecule has 0 radical (unpaired) electrons. The summed E-state index contributed by atoms with van der Waals surface area (Å²) < 4.78 is 16.5. The fraction of sp³-hybridized carbons (Fsp3) is 0.286. The normalized spacial score (nSPS) is 18.7. The van der Waals surface area contributed by atoms with Crippen LogP contribution in [0.4, 0.5) is 21.7 Å². The summed E-state index contributed by atoms with van der Waals surface area (Å²) in [7, 11) is 0. The number of hydrogen-bond acceptors (Lipinski definition) is 6. The van der Waals surface area contributed by atoms with E-state index in [0.717, 1.165) is 37.4 Å². The number of pyridine rings is 2. The van der Waals surface area contributed by atoms with Crippen molar-refractivity contribution in [2.75, 3.05) is 10.6 Å². The zero-order valence-corrected chi connectivity index (χ0v) is 16.4. The van der Waals surface area contributed by atoms with Crippen LogP contribution < -0.4 is 22.1 Å². The maximum atomic E-state index is 14.6. The Kier molecular flexibility index (Phi) is 5.62. The first-order valence-corrected chi connectivity index (χ1v) is 9.89. The van der Waals surface area contributed by atoms with Gasteiger partial charge in [0.1, 0.15) is 5.82 Å². The number of carbonyl (C=O) groups is 1. The van der Waals surface area contributed by atoms with Crippen molar-refractivity contribution in [3.05, 3.63) is 60.4 Å². The first-order chi connectivity index (χ1) is 14.5. The molecule has 0 aliphatic heterocycles. The van der Waals surface area contributed by atoms with E-state index in [1.165, 1.54) is 0 Å². The number of anilines is 3. The van der Waals surface area contributed by atoms with Crippen molar-refractivity contribution in [3.63, 3.8) is 0 Å². The quantitative estimate of drug-likeness (QED) is 0.496. The van der Waals surface area contributed by atoms with E-state index < -0.39 is 11.7 Å². The lowest BCUT2D eigenvalue weighted by molar-refractivity contribution is 0.100. The smallest absolute Gasteiger partial charge is 0.252 e. The molecular formula is C21H24FN7O. The molecule has 1 saturated carbocycles. The lowest BCUT2D eigenvalue weighted by Crippen LogP contribution is -2.43. The Morgan fingerprint density at radius 2 is 1.90 bits per heavy atom. The summed E-state index contributed by atoms with van der Waals surface area (Å²) in [4.78, 5) is 20.4. The van der Waals surface area contributed by atoms with Crippen LogP contribution >= 0.6 is 0 Å². The van der Waals surface area contributed by atoms with Crippen LogP contribution in [-0.2, 0) is 0 Å². The zero-order chi connectivity index (χ0) is 21.1. The van der Waals surface area contributed by atoms with E-state index in [1.807, 2.05) is 35.2 Å². The van der Waals surface area contributed by atoms with Gasteiger partial charge in [-0.05, 0) is 37.1 Å². The van der Waals surface area contributed by atoms with E-state index in [-0.39, 0.29) is 29.3 Å². The molecule has 2 atom stereocenters. The van der Waals surface area contributed by atoms with Gasteiger partial charge in [-0.15, -0.1) is 0 Å². The molecule has 1 aliphatic rings. The molecule has 3 aromatic heterocycles. The highest BCUT2D eigenvalue weighted by atomic mass is 19.1. The molecule has 4 rings (SSSR count). The average molecular weight is 409 g/mol. The molecule has 0 bridgehead atoms. The summed E-state index contributed by atoms with van der Waals surface area (Å²) >= 11 is 0. The third-order valence-corrected chi connectivity index (χ3v) is 5.27. The van der Waals surface area contributed by atoms with Gasteiger partial charge in [-0.1, -0.05) is 12.8 Å². The number of aromatic nitrogens is 3. The van der Waals surface area contributed by atoms with Crippen LogP contribution in [0.5, 0.6) is 0 Å². The molecule has 30 heavy (non-hydrogen) atoms. The Morgan fingerprint density at radius 1 is 1.13 bits per heavy atom.